The number of para-hydroxylation sites is 1. The number of carbonyl (C=O) groups is 1. The van der Waals surface area contributed by atoms with E-state index < -0.39 is 0 Å². The molecular weight excluding hydrogens is 218 g/mol. The summed E-state index contributed by atoms with van der Waals surface area (Å²) in [6, 6.07) is 9.54. The number of benzene rings is 1. The highest BCUT2D eigenvalue weighted by molar-refractivity contribution is 6.09. The maximum atomic E-state index is 11.3. The van der Waals surface area contributed by atoms with Gasteiger partial charge >= 0.3 is 0 Å². The van der Waals surface area contributed by atoms with Crippen LogP contribution in [-0.2, 0) is 4.79 Å². The zero-order valence-corrected chi connectivity index (χ0v) is 9.21. The van der Waals surface area contributed by atoms with E-state index in [1.165, 1.54) is 0 Å². The molecule has 4 N–H and O–H groups in total. The van der Waals surface area contributed by atoms with Gasteiger partial charge in [-0.15, -0.1) is 0 Å². The van der Waals surface area contributed by atoms with Crippen LogP contribution >= 0.6 is 0 Å². The Morgan fingerprint density at radius 1 is 1.29 bits per heavy atom. The first kappa shape index (κ1) is 11.1. The third kappa shape index (κ3) is 2.60. The van der Waals surface area contributed by atoms with Crippen molar-refractivity contribution in [3.8, 4) is 0 Å². The molecule has 0 bridgehead atoms. The number of hydrogen-bond donors (Lipinski definition) is 2. The molecule has 6 heteroatoms. The number of carbonyl (C=O) groups excluding carboxylic acids is 1. The molecule has 1 heterocycles. The molecule has 0 saturated carbocycles. The van der Waals surface area contributed by atoms with Crippen LogP contribution in [0.25, 0.3) is 0 Å². The Morgan fingerprint density at radius 2 is 2.00 bits per heavy atom. The molecule has 1 aliphatic rings. The molecule has 17 heavy (non-hydrogen) atoms. The number of aliphatic imine (C=N–C) groups is 2. The molecule has 1 amide bonds. The van der Waals surface area contributed by atoms with Crippen molar-refractivity contribution in [2.75, 3.05) is 11.4 Å². The third-order valence-corrected chi connectivity index (χ3v) is 2.31. The van der Waals surface area contributed by atoms with Gasteiger partial charge in [-0.05, 0) is 12.1 Å². The van der Waals surface area contributed by atoms with E-state index in [4.69, 9.17) is 11.5 Å². The summed E-state index contributed by atoms with van der Waals surface area (Å²) in [5.41, 5.74) is 11.5. The van der Waals surface area contributed by atoms with Crippen molar-refractivity contribution >= 4 is 23.5 Å². The Balaban J connectivity index is 2.36. The van der Waals surface area contributed by atoms with Crippen molar-refractivity contribution in [1.29, 1.82) is 0 Å². The number of anilines is 1. The van der Waals surface area contributed by atoms with Gasteiger partial charge in [0.2, 0.25) is 5.96 Å². The zero-order valence-electron chi connectivity index (χ0n) is 9.21. The van der Waals surface area contributed by atoms with Gasteiger partial charge in [-0.25, -0.2) is 0 Å². The quantitative estimate of drug-likeness (QED) is 0.527. The van der Waals surface area contributed by atoms with E-state index in [0.29, 0.717) is 13.0 Å². The van der Waals surface area contributed by atoms with E-state index in [9.17, 15) is 4.79 Å². The highest BCUT2D eigenvalue weighted by Gasteiger charge is 2.20. The van der Waals surface area contributed by atoms with Gasteiger partial charge in [0.25, 0.3) is 5.91 Å². The molecule has 88 valence electrons. The van der Waals surface area contributed by atoms with Crippen LogP contribution in [0.4, 0.5) is 5.69 Å². The average Bonchev–Trinajstić information content (AvgIpc) is 2.29. The minimum absolute atomic E-state index is 0.112. The Hall–Kier alpha value is -2.37. The summed E-state index contributed by atoms with van der Waals surface area (Å²) >= 11 is 0. The number of rotatable bonds is 1. The maximum absolute atomic E-state index is 11.3. The van der Waals surface area contributed by atoms with E-state index in [2.05, 4.69) is 9.98 Å². The largest absolute Gasteiger partial charge is 0.370 e. The lowest BCUT2D eigenvalue weighted by Crippen LogP contribution is -2.38. The van der Waals surface area contributed by atoms with Crippen LogP contribution in [0.5, 0.6) is 0 Å². The SMILES string of the molecule is NC(N)=NC1=NC(=O)CCN1c1ccccc1. The topological polar surface area (TPSA) is 97.1 Å². The molecule has 1 aliphatic heterocycles. The lowest BCUT2D eigenvalue weighted by atomic mass is 10.2. The van der Waals surface area contributed by atoms with Crippen molar-refractivity contribution in [3.05, 3.63) is 30.3 Å². The van der Waals surface area contributed by atoms with E-state index in [1.807, 2.05) is 30.3 Å². The Labute approximate surface area is 98.6 Å². The molecule has 0 atom stereocenters. The Bertz CT molecular complexity index is 476. The fourth-order valence-corrected chi connectivity index (χ4v) is 1.59. The third-order valence-electron chi connectivity index (χ3n) is 2.31. The van der Waals surface area contributed by atoms with Crippen LogP contribution in [0.1, 0.15) is 6.42 Å². The van der Waals surface area contributed by atoms with Crippen molar-refractivity contribution in [1.82, 2.24) is 0 Å². The number of nitrogens with two attached hydrogens (primary N) is 2. The standard InChI is InChI=1S/C11H13N5O/c12-10(13)15-11-14-9(17)6-7-16(11)8-4-2-1-3-5-8/h1-5H,6-7H2,(H4,12,13,14,15,17). The lowest BCUT2D eigenvalue weighted by Gasteiger charge is -2.25. The Morgan fingerprint density at radius 3 is 2.65 bits per heavy atom. The van der Waals surface area contributed by atoms with Crippen molar-refractivity contribution in [3.63, 3.8) is 0 Å². The van der Waals surface area contributed by atoms with Crippen LogP contribution in [0, 0.1) is 0 Å². The second-order valence-corrected chi connectivity index (χ2v) is 3.58. The summed E-state index contributed by atoms with van der Waals surface area (Å²) in [5, 5.41) is 0. The van der Waals surface area contributed by atoms with Crippen LogP contribution in [0.15, 0.2) is 40.3 Å². The number of hydrogen-bond acceptors (Lipinski definition) is 3. The molecule has 6 nitrogen and oxygen atoms in total. The normalized spacial score (nSPS) is 15.4. The van der Waals surface area contributed by atoms with Crippen molar-refractivity contribution in [2.24, 2.45) is 21.5 Å². The monoisotopic (exact) mass is 231 g/mol. The van der Waals surface area contributed by atoms with Gasteiger partial charge in [0.05, 0.1) is 0 Å². The molecule has 1 aromatic rings. The number of guanidine groups is 2. The fraction of sp³-hybridized carbons (Fsp3) is 0.182. The first-order chi connectivity index (χ1) is 8.16. The summed E-state index contributed by atoms with van der Waals surface area (Å²) < 4.78 is 0. The predicted octanol–water partition coefficient (Wildman–Crippen LogP) is 0.0527. The van der Waals surface area contributed by atoms with Gasteiger partial charge < -0.3 is 16.4 Å². The second-order valence-electron chi connectivity index (χ2n) is 3.58. The summed E-state index contributed by atoms with van der Waals surface area (Å²) in [5.74, 6) is -0.0796. The number of nitrogens with zero attached hydrogens (tertiary/aromatic N) is 3. The molecule has 0 radical (unpaired) electrons. The Kier molecular flexibility index (Phi) is 3.04. The van der Waals surface area contributed by atoms with Gasteiger partial charge in [-0.2, -0.15) is 9.98 Å². The van der Waals surface area contributed by atoms with Crippen LogP contribution < -0.4 is 16.4 Å². The predicted molar refractivity (Wildman–Crippen MR) is 66.7 cm³/mol. The van der Waals surface area contributed by atoms with E-state index in [1.54, 1.807) is 4.90 Å². The first-order valence-electron chi connectivity index (χ1n) is 5.20. The molecule has 0 aliphatic carbocycles. The molecule has 0 unspecified atom stereocenters. The summed E-state index contributed by atoms with van der Waals surface area (Å²) in [7, 11) is 0. The maximum Gasteiger partial charge on any atom is 0.250 e. The van der Waals surface area contributed by atoms with Crippen LogP contribution in [0.3, 0.4) is 0 Å². The lowest BCUT2D eigenvalue weighted by molar-refractivity contribution is -0.117. The van der Waals surface area contributed by atoms with Crippen LogP contribution in [0.2, 0.25) is 0 Å². The van der Waals surface area contributed by atoms with Gasteiger partial charge in [-0.1, -0.05) is 18.2 Å². The molecule has 0 spiro atoms. The van der Waals surface area contributed by atoms with E-state index >= 15 is 0 Å². The van der Waals surface area contributed by atoms with E-state index in [-0.39, 0.29) is 17.8 Å². The van der Waals surface area contributed by atoms with Gasteiger partial charge in [0.15, 0.2) is 5.96 Å². The van der Waals surface area contributed by atoms with Gasteiger partial charge in [-0.3, -0.25) is 4.79 Å². The summed E-state index contributed by atoms with van der Waals surface area (Å²) in [4.78, 5) is 20.8. The minimum atomic E-state index is -0.211. The molecule has 2 rings (SSSR count). The van der Waals surface area contributed by atoms with Gasteiger partial charge in [0.1, 0.15) is 0 Å². The van der Waals surface area contributed by atoms with Crippen molar-refractivity contribution < 1.29 is 4.79 Å². The second kappa shape index (κ2) is 4.65. The summed E-state index contributed by atoms with van der Waals surface area (Å²) in [6.07, 6.45) is 0.360. The molecule has 0 saturated heterocycles. The highest BCUT2D eigenvalue weighted by Crippen LogP contribution is 2.17. The minimum Gasteiger partial charge on any atom is -0.370 e. The average molecular weight is 231 g/mol. The summed E-state index contributed by atoms with van der Waals surface area (Å²) in [6.45, 7) is 0.526. The van der Waals surface area contributed by atoms with E-state index in [0.717, 1.165) is 5.69 Å². The fourth-order valence-electron chi connectivity index (χ4n) is 1.59. The smallest absolute Gasteiger partial charge is 0.250 e. The molecular formula is C11H13N5O. The molecule has 1 aromatic carbocycles. The van der Waals surface area contributed by atoms with Crippen molar-refractivity contribution in [2.45, 2.75) is 6.42 Å². The number of amides is 1. The highest BCUT2D eigenvalue weighted by atomic mass is 16.1. The zero-order chi connectivity index (χ0) is 12.3. The molecule has 0 aromatic heterocycles. The van der Waals surface area contributed by atoms with Gasteiger partial charge in [0, 0.05) is 18.7 Å². The van der Waals surface area contributed by atoms with Crippen LogP contribution in [-0.4, -0.2) is 24.4 Å². The molecule has 0 fully saturated rings. The first-order valence-corrected chi connectivity index (χ1v) is 5.20.